The number of hydrogen-bond acceptors (Lipinski definition) is 3. The summed E-state index contributed by atoms with van der Waals surface area (Å²) in [6.07, 6.45) is 0. The fourth-order valence-corrected chi connectivity index (χ4v) is 2.04. The first-order chi connectivity index (χ1) is 10.2. The molecule has 1 amide bonds. The van der Waals surface area contributed by atoms with Crippen LogP contribution in [-0.2, 0) is 0 Å². The van der Waals surface area contributed by atoms with Crippen LogP contribution in [0.4, 0.5) is 5.95 Å². The van der Waals surface area contributed by atoms with Gasteiger partial charge in [0.1, 0.15) is 0 Å². The largest absolute Gasteiger partial charge is 0.289 e. The lowest BCUT2D eigenvalue weighted by Crippen LogP contribution is -2.14. The van der Waals surface area contributed by atoms with Gasteiger partial charge in [0.15, 0.2) is 5.82 Å². The number of benzene rings is 2. The van der Waals surface area contributed by atoms with E-state index in [4.69, 9.17) is 0 Å². The second-order valence-corrected chi connectivity index (χ2v) is 4.64. The summed E-state index contributed by atoms with van der Waals surface area (Å²) in [5.41, 5.74) is 2.44. The number of carbonyl (C=O) groups is 1. The van der Waals surface area contributed by atoms with Gasteiger partial charge in [-0.2, -0.15) is 4.98 Å². The second-order valence-electron chi connectivity index (χ2n) is 4.64. The van der Waals surface area contributed by atoms with Crippen molar-refractivity contribution in [3.8, 4) is 11.4 Å². The van der Waals surface area contributed by atoms with E-state index in [1.54, 1.807) is 6.07 Å². The van der Waals surface area contributed by atoms with Gasteiger partial charge in [0.2, 0.25) is 5.95 Å². The molecule has 3 rings (SSSR count). The molecule has 2 aromatic carbocycles. The van der Waals surface area contributed by atoms with Gasteiger partial charge in [0.25, 0.3) is 5.91 Å². The number of aromatic nitrogens is 3. The summed E-state index contributed by atoms with van der Waals surface area (Å²) in [7, 11) is 0. The fourth-order valence-electron chi connectivity index (χ4n) is 2.04. The van der Waals surface area contributed by atoms with E-state index in [0.717, 1.165) is 11.1 Å². The first-order valence-electron chi connectivity index (χ1n) is 6.59. The summed E-state index contributed by atoms with van der Waals surface area (Å²) in [5, 5.41) is 9.53. The molecule has 0 fully saturated rings. The van der Waals surface area contributed by atoms with Crippen molar-refractivity contribution >= 4 is 11.9 Å². The highest BCUT2D eigenvalue weighted by Crippen LogP contribution is 2.15. The van der Waals surface area contributed by atoms with Gasteiger partial charge in [-0.05, 0) is 18.6 Å². The topological polar surface area (TPSA) is 70.7 Å². The fraction of sp³-hybridized carbons (Fsp3) is 0.0625. The van der Waals surface area contributed by atoms with E-state index in [1.165, 1.54) is 0 Å². The molecule has 21 heavy (non-hydrogen) atoms. The van der Waals surface area contributed by atoms with Crippen molar-refractivity contribution in [3.63, 3.8) is 0 Å². The van der Waals surface area contributed by atoms with E-state index in [9.17, 15) is 4.79 Å². The Bertz CT molecular complexity index is 765. The van der Waals surface area contributed by atoms with Crippen LogP contribution in [0.5, 0.6) is 0 Å². The molecule has 0 spiro atoms. The van der Waals surface area contributed by atoms with E-state index in [0.29, 0.717) is 11.4 Å². The molecule has 5 nitrogen and oxygen atoms in total. The van der Waals surface area contributed by atoms with Crippen molar-refractivity contribution in [2.24, 2.45) is 0 Å². The molecular weight excluding hydrogens is 264 g/mol. The van der Waals surface area contributed by atoms with E-state index < -0.39 is 0 Å². The molecule has 0 radical (unpaired) electrons. The monoisotopic (exact) mass is 278 g/mol. The second kappa shape index (κ2) is 5.58. The van der Waals surface area contributed by atoms with Gasteiger partial charge >= 0.3 is 0 Å². The van der Waals surface area contributed by atoms with Crippen LogP contribution in [0.15, 0.2) is 54.6 Å². The first kappa shape index (κ1) is 13.1. The van der Waals surface area contributed by atoms with Crippen LogP contribution in [0, 0.1) is 6.92 Å². The Hall–Kier alpha value is -2.95. The molecule has 5 heteroatoms. The molecule has 104 valence electrons. The maximum absolute atomic E-state index is 12.2. The molecule has 3 aromatic rings. The van der Waals surface area contributed by atoms with Gasteiger partial charge in [-0.25, -0.2) is 0 Å². The van der Waals surface area contributed by atoms with Gasteiger partial charge in [-0.1, -0.05) is 48.5 Å². The summed E-state index contributed by atoms with van der Waals surface area (Å²) >= 11 is 0. The number of aryl methyl sites for hydroxylation is 1. The van der Waals surface area contributed by atoms with Crippen LogP contribution in [-0.4, -0.2) is 21.1 Å². The molecular formula is C16H14N4O. The molecule has 0 atom stereocenters. The minimum absolute atomic E-state index is 0.216. The predicted octanol–water partition coefficient (Wildman–Crippen LogP) is 3.03. The molecule has 0 saturated heterocycles. The summed E-state index contributed by atoms with van der Waals surface area (Å²) in [6.45, 7) is 1.89. The van der Waals surface area contributed by atoms with Crippen molar-refractivity contribution in [1.29, 1.82) is 0 Å². The SMILES string of the molecule is Cc1ccccc1C(=O)Nc1n[nH]c(-c2ccccc2)n1. The zero-order valence-corrected chi connectivity index (χ0v) is 11.5. The normalized spacial score (nSPS) is 10.3. The third-order valence-corrected chi connectivity index (χ3v) is 3.15. The summed E-state index contributed by atoms with van der Waals surface area (Å²) in [5.74, 6) is 0.671. The van der Waals surface area contributed by atoms with Gasteiger partial charge in [-0.3, -0.25) is 15.2 Å². The Morgan fingerprint density at radius 2 is 1.76 bits per heavy atom. The van der Waals surface area contributed by atoms with Gasteiger partial charge in [0, 0.05) is 11.1 Å². The molecule has 0 aliphatic heterocycles. The average Bonchev–Trinajstić information content (AvgIpc) is 2.97. The molecule has 2 N–H and O–H groups in total. The van der Waals surface area contributed by atoms with Crippen molar-refractivity contribution in [2.75, 3.05) is 5.32 Å². The minimum Gasteiger partial charge on any atom is -0.289 e. The quantitative estimate of drug-likeness (QED) is 0.773. The molecule has 1 aromatic heterocycles. The maximum Gasteiger partial charge on any atom is 0.258 e. The smallest absolute Gasteiger partial charge is 0.258 e. The zero-order chi connectivity index (χ0) is 14.7. The van der Waals surface area contributed by atoms with Gasteiger partial charge < -0.3 is 0 Å². The number of amides is 1. The standard InChI is InChI=1S/C16H14N4O/c1-11-7-5-6-10-13(11)15(21)18-16-17-14(19-20-16)12-8-3-2-4-9-12/h2-10H,1H3,(H2,17,18,19,20,21). The van der Waals surface area contributed by atoms with Crippen molar-refractivity contribution < 1.29 is 4.79 Å². The number of anilines is 1. The van der Waals surface area contributed by atoms with Crippen LogP contribution < -0.4 is 5.32 Å². The van der Waals surface area contributed by atoms with E-state index in [1.807, 2.05) is 55.5 Å². The Morgan fingerprint density at radius 1 is 1.05 bits per heavy atom. The van der Waals surface area contributed by atoms with Gasteiger partial charge in [0.05, 0.1) is 0 Å². The van der Waals surface area contributed by atoms with Crippen molar-refractivity contribution in [3.05, 3.63) is 65.7 Å². The third-order valence-electron chi connectivity index (χ3n) is 3.15. The number of nitrogens with one attached hydrogen (secondary N) is 2. The Kier molecular flexibility index (Phi) is 3.47. The van der Waals surface area contributed by atoms with E-state index >= 15 is 0 Å². The number of carbonyl (C=O) groups excluding carboxylic acids is 1. The number of nitrogens with zero attached hydrogens (tertiary/aromatic N) is 2. The Morgan fingerprint density at radius 3 is 2.52 bits per heavy atom. The Labute approximate surface area is 122 Å². The minimum atomic E-state index is -0.216. The predicted molar refractivity (Wildman–Crippen MR) is 81.0 cm³/mol. The lowest BCUT2D eigenvalue weighted by atomic mass is 10.1. The average molecular weight is 278 g/mol. The highest BCUT2D eigenvalue weighted by molar-refractivity contribution is 6.04. The molecule has 1 heterocycles. The van der Waals surface area contributed by atoms with Crippen LogP contribution in [0.1, 0.15) is 15.9 Å². The van der Waals surface area contributed by atoms with Crippen molar-refractivity contribution in [2.45, 2.75) is 6.92 Å². The number of aromatic amines is 1. The van der Waals surface area contributed by atoms with Crippen LogP contribution >= 0.6 is 0 Å². The third kappa shape index (κ3) is 2.81. The van der Waals surface area contributed by atoms with E-state index in [-0.39, 0.29) is 11.9 Å². The van der Waals surface area contributed by atoms with E-state index in [2.05, 4.69) is 20.5 Å². The van der Waals surface area contributed by atoms with Crippen LogP contribution in [0.25, 0.3) is 11.4 Å². The number of H-pyrrole nitrogens is 1. The molecule has 0 bridgehead atoms. The van der Waals surface area contributed by atoms with Crippen LogP contribution in [0.2, 0.25) is 0 Å². The highest BCUT2D eigenvalue weighted by Gasteiger charge is 2.12. The Balaban J connectivity index is 1.79. The highest BCUT2D eigenvalue weighted by atomic mass is 16.1. The lowest BCUT2D eigenvalue weighted by Gasteiger charge is -2.03. The van der Waals surface area contributed by atoms with Gasteiger partial charge in [-0.15, -0.1) is 5.10 Å². The first-order valence-corrected chi connectivity index (χ1v) is 6.59. The van der Waals surface area contributed by atoms with Crippen LogP contribution in [0.3, 0.4) is 0 Å². The number of hydrogen-bond donors (Lipinski definition) is 2. The van der Waals surface area contributed by atoms with Crippen molar-refractivity contribution in [1.82, 2.24) is 15.2 Å². The maximum atomic E-state index is 12.2. The summed E-state index contributed by atoms with van der Waals surface area (Å²) in [6, 6.07) is 17.0. The molecule has 0 aliphatic carbocycles. The zero-order valence-electron chi connectivity index (χ0n) is 11.5. The summed E-state index contributed by atoms with van der Waals surface area (Å²) in [4.78, 5) is 16.5. The number of rotatable bonds is 3. The summed E-state index contributed by atoms with van der Waals surface area (Å²) < 4.78 is 0. The molecule has 0 saturated carbocycles. The lowest BCUT2D eigenvalue weighted by molar-refractivity contribution is 0.102. The molecule has 0 unspecified atom stereocenters. The molecule has 0 aliphatic rings.